The fraction of sp³-hybridized carbons (Fsp3) is 0.750. The minimum Gasteiger partial charge on any atom is -0.457 e. The quantitative estimate of drug-likeness (QED) is 0.533. The molecule has 0 rings (SSSR count). The smallest absolute Gasteiger partial charge is 0.334 e. The number of carbonyl (C=O) groups excluding carboxylic acids is 1. The zero-order chi connectivity index (χ0) is 12.1. The van der Waals surface area contributed by atoms with Gasteiger partial charge in [-0.2, -0.15) is 0 Å². The van der Waals surface area contributed by atoms with E-state index in [9.17, 15) is 4.79 Å². The summed E-state index contributed by atoms with van der Waals surface area (Å²) in [5.41, 5.74) is 0.145. The van der Waals surface area contributed by atoms with E-state index in [1.165, 1.54) is 0 Å². The van der Waals surface area contributed by atoms with Crippen LogP contribution in [0, 0.1) is 0 Å². The van der Waals surface area contributed by atoms with Crippen LogP contribution in [-0.2, 0) is 14.3 Å². The molecular weight excluding hydrogens is 192 g/mol. The standard InChI is InChI=1S/C12H22O3/c1-7-14-10(3)8-9(2)11(13)15-12(4,5)6/h8,10H,7H2,1-6H3. The normalized spacial score (nSPS) is 14.9. The zero-order valence-corrected chi connectivity index (χ0v) is 10.6. The third-order valence-electron chi connectivity index (χ3n) is 1.64. The maximum Gasteiger partial charge on any atom is 0.334 e. The van der Waals surface area contributed by atoms with Crippen molar-refractivity contribution in [3.8, 4) is 0 Å². The van der Waals surface area contributed by atoms with Gasteiger partial charge in [-0.15, -0.1) is 0 Å². The Kier molecular flexibility index (Phi) is 5.58. The number of rotatable bonds is 4. The molecule has 0 aliphatic carbocycles. The maximum absolute atomic E-state index is 11.6. The molecule has 0 fully saturated rings. The first kappa shape index (κ1) is 14.2. The highest BCUT2D eigenvalue weighted by Crippen LogP contribution is 2.11. The van der Waals surface area contributed by atoms with Crippen molar-refractivity contribution in [3.63, 3.8) is 0 Å². The maximum atomic E-state index is 11.6. The van der Waals surface area contributed by atoms with Gasteiger partial charge >= 0.3 is 5.97 Å². The van der Waals surface area contributed by atoms with Crippen molar-refractivity contribution in [2.75, 3.05) is 6.61 Å². The van der Waals surface area contributed by atoms with E-state index in [1.807, 2.05) is 34.6 Å². The molecule has 0 aromatic carbocycles. The fourth-order valence-corrected chi connectivity index (χ4v) is 1.09. The summed E-state index contributed by atoms with van der Waals surface area (Å²) in [6.45, 7) is 11.8. The highest BCUT2D eigenvalue weighted by molar-refractivity contribution is 5.88. The van der Waals surface area contributed by atoms with Crippen LogP contribution in [-0.4, -0.2) is 24.3 Å². The van der Waals surface area contributed by atoms with E-state index in [0.29, 0.717) is 12.2 Å². The molecule has 0 aromatic rings. The predicted octanol–water partition coefficient (Wildman–Crippen LogP) is 2.70. The molecule has 0 radical (unpaired) electrons. The van der Waals surface area contributed by atoms with Gasteiger partial charge in [0, 0.05) is 12.2 Å². The molecule has 1 unspecified atom stereocenters. The Hall–Kier alpha value is -0.830. The second kappa shape index (κ2) is 5.91. The minimum absolute atomic E-state index is 0.0532. The second-order valence-corrected chi connectivity index (χ2v) is 4.51. The van der Waals surface area contributed by atoms with Crippen LogP contribution in [0.3, 0.4) is 0 Å². The van der Waals surface area contributed by atoms with Gasteiger partial charge < -0.3 is 9.47 Å². The summed E-state index contributed by atoms with van der Waals surface area (Å²) in [5, 5.41) is 0. The molecule has 0 aromatic heterocycles. The van der Waals surface area contributed by atoms with Crippen LogP contribution < -0.4 is 0 Å². The Morgan fingerprint density at radius 2 is 1.93 bits per heavy atom. The first-order chi connectivity index (χ1) is 6.76. The van der Waals surface area contributed by atoms with Crippen LogP contribution in [0.5, 0.6) is 0 Å². The molecule has 15 heavy (non-hydrogen) atoms. The van der Waals surface area contributed by atoms with Gasteiger partial charge in [-0.1, -0.05) is 0 Å². The molecule has 3 heteroatoms. The van der Waals surface area contributed by atoms with E-state index in [4.69, 9.17) is 9.47 Å². The van der Waals surface area contributed by atoms with Crippen LogP contribution in [0.1, 0.15) is 41.5 Å². The molecule has 0 N–H and O–H groups in total. The van der Waals surface area contributed by atoms with Gasteiger partial charge in [0.15, 0.2) is 0 Å². The van der Waals surface area contributed by atoms with Crippen LogP contribution in [0.4, 0.5) is 0 Å². The Balaban J connectivity index is 4.31. The third-order valence-corrected chi connectivity index (χ3v) is 1.64. The fourth-order valence-electron chi connectivity index (χ4n) is 1.09. The summed E-state index contributed by atoms with van der Waals surface area (Å²) < 4.78 is 10.5. The Labute approximate surface area is 92.5 Å². The highest BCUT2D eigenvalue weighted by Gasteiger charge is 2.17. The number of carbonyl (C=O) groups is 1. The number of esters is 1. The van der Waals surface area contributed by atoms with Crippen molar-refractivity contribution in [1.82, 2.24) is 0 Å². The number of hydrogen-bond donors (Lipinski definition) is 0. The van der Waals surface area contributed by atoms with Crippen molar-refractivity contribution in [3.05, 3.63) is 11.6 Å². The van der Waals surface area contributed by atoms with E-state index < -0.39 is 5.60 Å². The topological polar surface area (TPSA) is 35.5 Å². The molecular formula is C12H22O3. The predicted molar refractivity (Wildman–Crippen MR) is 60.7 cm³/mol. The summed E-state index contributed by atoms with van der Waals surface area (Å²) in [4.78, 5) is 11.6. The molecule has 0 saturated heterocycles. The van der Waals surface area contributed by atoms with Gasteiger partial charge in [-0.05, 0) is 47.6 Å². The van der Waals surface area contributed by atoms with Gasteiger partial charge in [0.05, 0.1) is 6.10 Å². The van der Waals surface area contributed by atoms with E-state index in [0.717, 1.165) is 0 Å². The SMILES string of the molecule is CCOC(C)C=C(C)C(=O)OC(C)(C)C. The second-order valence-electron chi connectivity index (χ2n) is 4.51. The summed E-state index contributed by atoms with van der Waals surface area (Å²) >= 11 is 0. The van der Waals surface area contributed by atoms with E-state index in [2.05, 4.69) is 0 Å². The first-order valence-electron chi connectivity index (χ1n) is 5.29. The average molecular weight is 214 g/mol. The number of hydrogen-bond acceptors (Lipinski definition) is 3. The van der Waals surface area contributed by atoms with Crippen LogP contribution in [0.15, 0.2) is 11.6 Å². The first-order valence-corrected chi connectivity index (χ1v) is 5.29. The molecule has 0 spiro atoms. The van der Waals surface area contributed by atoms with Crippen LogP contribution in [0.2, 0.25) is 0 Å². The Morgan fingerprint density at radius 3 is 2.33 bits per heavy atom. The molecule has 0 saturated carbocycles. The molecule has 88 valence electrons. The van der Waals surface area contributed by atoms with Gasteiger partial charge in [0.1, 0.15) is 5.60 Å². The van der Waals surface area contributed by atoms with E-state index >= 15 is 0 Å². The van der Waals surface area contributed by atoms with Crippen LogP contribution >= 0.6 is 0 Å². The van der Waals surface area contributed by atoms with Crippen molar-refractivity contribution in [1.29, 1.82) is 0 Å². The lowest BCUT2D eigenvalue weighted by Gasteiger charge is -2.20. The summed E-state index contributed by atoms with van der Waals surface area (Å²) in [5.74, 6) is -0.283. The molecule has 0 aliphatic rings. The van der Waals surface area contributed by atoms with E-state index in [-0.39, 0.29) is 12.1 Å². The van der Waals surface area contributed by atoms with Crippen LogP contribution in [0.25, 0.3) is 0 Å². The van der Waals surface area contributed by atoms with Crippen molar-refractivity contribution >= 4 is 5.97 Å². The van der Waals surface area contributed by atoms with Gasteiger partial charge in [-0.3, -0.25) is 0 Å². The Bertz CT molecular complexity index is 236. The molecule has 0 aliphatic heterocycles. The third kappa shape index (κ3) is 7.14. The molecule has 0 amide bonds. The Morgan fingerprint density at radius 1 is 1.40 bits per heavy atom. The lowest BCUT2D eigenvalue weighted by atomic mass is 10.2. The van der Waals surface area contributed by atoms with Gasteiger partial charge in [0.2, 0.25) is 0 Å². The summed E-state index contributed by atoms with van der Waals surface area (Å²) in [6.07, 6.45) is 1.72. The van der Waals surface area contributed by atoms with Crippen molar-refractivity contribution in [2.24, 2.45) is 0 Å². The largest absolute Gasteiger partial charge is 0.457 e. The lowest BCUT2D eigenvalue weighted by Crippen LogP contribution is -2.24. The molecule has 0 heterocycles. The van der Waals surface area contributed by atoms with Gasteiger partial charge in [-0.25, -0.2) is 4.79 Å². The lowest BCUT2D eigenvalue weighted by molar-refractivity contribution is -0.149. The molecule has 0 bridgehead atoms. The molecule has 3 nitrogen and oxygen atoms in total. The monoisotopic (exact) mass is 214 g/mol. The van der Waals surface area contributed by atoms with E-state index in [1.54, 1.807) is 13.0 Å². The highest BCUT2D eigenvalue weighted by atomic mass is 16.6. The minimum atomic E-state index is -0.443. The number of ether oxygens (including phenoxy) is 2. The summed E-state index contributed by atoms with van der Waals surface area (Å²) in [7, 11) is 0. The molecule has 1 atom stereocenters. The zero-order valence-electron chi connectivity index (χ0n) is 10.6. The van der Waals surface area contributed by atoms with Gasteiger partial charge in [0.25, 0.3) is 0 Å². The summed E-state index contributed by atoms with van der Waals surface area (Å²) in [6, 6.07) is 0. The van der Waals surface area contributed by atoms with Crippen molar-refractivity contribution in [2.45, 2.75) is 53.2 Å². The average Bonchev–Trinajstić information content (AvgIpc) is 2.00. The van der Waals surface area contributed by atoms with Crippen molar-refractivity contribution < 1.29 is 14.3 Å².